The Kier molecular flexibility index (Phi) is 6.50. The van der Waals surface area contributed by atoms with Gasteiger partial charge in [0.2, 0.25) is 0 Å². The summed E-state index contributed by atoms with van der Waals surface area (Å²) in [6, 6.07) is 6.16. The smallest absolute Gasteiger partial charge is 0.359 e. The lowest BCUT2D eigenvalue weighted by molar-refractivity contribution is -0.146. The summed E-state index contributed by atoms with van der Waals surface area (Å²) in [5.41, 5.74) is -0.123. The van der Waals surface area contributed by atoms with Crippen LogP contribution in [0.2, 0.25) is 0 Å². The van der Waals surface area contributed by atoms with Crippen LogP contribution in [-0.4, -0.2) is 38.9 Å². The Morgan fingerprint density at radius 3 is 2.17 bits per heavy atom. The third-order valence-corrected chi connectivity index (χ3v) is 4.15. The van der Waals surface area contributed by atoms with Gasteiger partial charge in [-0.3, -0.25) is 4.18 Å². The second-order valence-corrected chi connectivity index (χ2v) is 7.74. The highest BCUT2D eigenvalue weighted by Gasteiger charge is 2.30. The van der Waals surface area contributed by atoms with Gasteiger partial charge in [-0.05, 0) is 46.8 Å². The van der Waals surface area contributed by atoms with Gasteiger partial charge in [0.05, 0.1) is 4.90 Å². The first-order valence-electron chi connectivity index (χ1n) is 7.30. The van der Waals surface area contributed by atoms with Crippen LogP contribution in [0.3, 0.4) is 0 Å². The van der Waals surface area contributed by atoms with Crippen LogP contribution in [0, 0.1) is 6.92 Å². The summed E-state index contributed by atoms with van der Waals surface area (Å²) >= 11 is 0. The summed E-state index contributed by atoms with van der Waals surface area (Å²) in [5.74, 6) is -0.809. The van der Waals surface area contributed by atoms with Crippen molar-refractivity contribution in [3.05, 3.63) is 29.8 Å². The van der Waals surface area contributed by atoms with Gasteiger partial charge in [0.15, 0.2) is 5.71 Å². The van der Waals surface area contributed by atoms with Gasteiger partial charge in [0.1, 0.15) is 18.8 Å². The zero-order valence-corrected chi connectivity index (χ0v) is 15.5. The first-order valence-corrected chi connectivity index (χ1v) is 8.71. The number of oxime groups is 1. The molecule has 1 aromatic rings. The maximum absolute atomic E-state index is 12.3. The average Bonchev–Trinajstić information content (AvgIpc) is 2.42. The Hall–Kier alpha value is -1.93. The quantitative estimate of drug-likeness (QED) is 0.336. The first-order chi connectivity index (χ1) is 11.0. The van der Waals surface area contributed by atoms with E-state index in [4.69, 9.17) is 8.92 Å². The standard InChI is InChI=1S/C16H23NO6S/c1-11-7-9-13(10-8-11)24(19,20)23-12(2)14(17-21-6)15(18)22-16(3,4)5/h7-10,12H,1-6H3. The minimum atomic E-state index is -4.06. The van der Waals surface area contributed by atoms with Gasteiger partial charge >= 0.3 is 5.97 Å². The lowest BCUT2D eigenvalue weighted by Gasteiger charge is -2.21. The van der Waals surface area contributed by atoms with Crippen LogP contribution in [-0.2, 0) is 28.7 Å². The van der Waals surface area contributed by atoms with Crippen molar-refractivity contribution < 1.29 is 27.0 Å². The molecule has 8 heteroatoms. The van der Waals surface area contributed by atoms with Crippen LogP contribution in [0.1, 0.15) is 33.3 Å². The van der Waals surface area contributed by atoms with E-state index in [1.807, 2.05) is 6.92 Å². The van der Waals surface area contributed by atoms with E-state index in [1.54, 1.807) is 32.9 Å². The largest absolute Gasteiger partial charge is 0.455 e. The molecule has 0 radical (unpaired) electrons. The molecule has 0 spiro atoms. The van der Waals surface area contributed by atoms with Crippen molar-refractivity contribution in [3.8, 4) is 0 Å². The fraction of sp³-hybridized carbons (Fsp3) is 0.500. The second-order valence-electron chi connectivity index (χ2n) is 6.17. The van der Waals surface area contributed by atoms with E-state index in [0.717, 1.165) is 5.56 Å². The fourth-order valence-electron chi connectivity index (χ4n) is 1.70. The molecule has 1 aromatic carbocycles. The number of esters is 1. The molecule has 24 heavy (non-hydrogen) atoms. The van der Waals surface area contributed by atoms with Crippen molar-refractivity contribution in [2.24, 2.45) is 5.16 Å². The number of rotatable bonds is 6. The van der Waals surface area contributed by atoms with Crippen LogP contribution in [0.5, 0.6) is 0 Å². The zero-order chi connectivity index (χ0) is 18.5. The summed E-state index contributed by atoms with van der Waals surface area (Å²) in [6.07, 6.45) is -1.17. The minimum absolute atomic E-state index is 0.0131. The maximum atomic E-state index is 12.3. The van der Waals surface area contributed by atoms with Crippen LogP contribution in [0.15, 0.2) is 34.3 Å². The lowest BCUT2D eigenvalue weighted by Crippen LogP contribution is -2.36. The molecule has 0 saturated carbocycles. The SMILES string of the molecule is CON=C(C(=O)OC(C)(C)C)C(C)OS(=O)(=O)c1ccc(C)cc1. The third kappa shape index (κ3) is 5.93. The highest BCUT2D eigenvalue weighted by Crippen LogP contribution is 2.17. The minimum Gasteiger partial charge on any atom is -0.455 e. The van der Waals surface area contributed by atoms with Crippen molar-refractivity contribution in [2.45, 2.75) is 51.2 Å². The summed E-state index contributed by atoms with van der Waals surface area (Å²) in [6.45, 7) is 8.27. The lowest BCUT2D eigenvalue weighted by atomic mass is 10.2. The van der Waals surface area contributed by atoms with Gasteiger partial charge in [0, 0.05) is 0 Å². The predicted octanol–water partition coefficient (Wildman–Crippen LogP) is 2.43. The van der Waals surface area contributed by atoms with E-state index in [1.165, 1.54) is 26.2 Å². The molecular weight excluding hydrogens is 334 g/mol. The Bertz CT molecular complexity index is 701. The molecule has 7 nitrogen and oxygen atoms in total. The molecular formula is C16H23NO6S. The van der Waals surface area contributed by atoms with Crippen molar-refractivity contribution >= 4 is 21.8 Å². The van der Waals surface area contributed by atoms with E-state index in [0.29, 0.717) is 0 Å². The van der Waals surface area contributed by atoms with E-state index in [2.05, 4.69) is 9.99 Å². The van der Waals surface area contributed by atoms with Crippen LogP contribution < -0.4 is 0 Å². The Morgan fingerprint density at radius 1 is 1.17 bits per heavy atom. The number of hydrogen-bond donors (Lipinski definition) is 0. The molecule has 1 atom stereocenters. The summed E-state index contributed by atoms with van der Waals surface area (Å²) in [7, 11) is -2.82. The molecule has 0 aliphatic rings. The molecule has 0 N–H and O–H groups in total. The molecule has 0 fully saturated rings. The van der Waals surface area contributed by atoms with Crippen LogP contribution in [0.4, 0.5) is 0 Å². The molecule has 0 saturated heterocycles. The van der Waals surface area contributed by atoms with Crippen molar-refractivity contribution in [2.75, 3.05) is 7.11 Å². The van der Waals surface area contributed by atoms with Crippen molar-refractivity contribution in [3.63, 3.8) is 0 Å². The number of ether oxygens (including phenoxy) is 1. The predicted molar refractivity (Wildman–Crippen MR) is 89.2 cm³/mol. The van der Waals surface area contributed by atoms with Crippen LogP contribution in [0.25, 0.3) is 0 Å². The first kappa shape index (κ1) is 20.1. The number of aryl methyl sites for hydroxylation is 1. The van der Waals surface area contributed by atoms with E-state index in [9.17, 15) is 13.2 Å². The van der Waals surface area contributed by atoms with E-state index >= 15 is 0 Å². The molecule has 0 bridgehead atoms. The number of benzene rings is 1. The Balaban J connectivity index is 3.00. The van der Waals surface area contributed by atoms with E-state index < -0.39 is 27.8 Å². The van der Waals surface area contributed by atoms with Gasteiger partial charge in [-0.1, -0.05) is 22.9 Å². The molecule has 0 aliphatic carbocycles. The van der Waals surface area contributed by atoms with Crippen molar-refractivity contribution in [1.82, 2.24) is 0 Å². The number of carbonyl (C=O) groups excluding carboxylic acids is 1. The third-order valence-electron chi connectivity index (χ3n) is 2.76. The monoisotopic (exact) mass is 357 g/mol. The molecule has 134 valence electrons. The highest BCUT2D eigenvalue weighted by atomic mass is 32.2. The molecule has 0 heterocycles. The number of carbonyl (C=O) groups is 1. The normalized spacial score (nSPS) is 14.2. The molecule has 0 aromatic heterocycles. The van der Waals surface area contributed by atoms with Gasteiger partial charge in [-0.15, -0.1) is 0 Å². The number of nitrogens with zero attached hydrogens (tertiary/aromatic N) is 1. The van der Waals surface area contributed by atoms with Gasteiger partial charge < -0.3 is 9.57 Å². The maximum Gasteiger partial charge on any atom is 0.359 e. The summed E-state index contributed by atoms with van der Waals surface area (Å²) in [4.78, 5) is 16.7. The molecule has 1 unspecified atom stereocenters. The average molecular weight is 357 g/mol. The topological polar surface area (TPSA) is 91.3 Å². The zero-order valence-electron chi connectivity index (χ0n) is 14.7. The van der Waals surface area contributed by atoms with Crippen molar-refractivity contribution in [1.29, 1.82) is 0 Å². The molecule has 1 rings (SSSR count). The number of hydrogen-bond acceptors (Lipinski definition) is 7. The fourth-order valence-corrected chi connectivity index (χ4v) is 2.75. The molecule has 0 amide bonds. The molecule has 0 aliphatic heterocycles. The Morgan fingerprint density at radius 2 is 1.71 bits per heavy atom. The van der Waals surface area contributed by atoms with Gasteiger partial charge in [0.25, 0.3) is 10.1 Å². The van der Waals surface area contributed by atoms with E-state index in [-0.39, 0.29) is 10.6 Å². The van der Waals surface area contributed by atoms with Gasteiger partial charge in [-0.25, -0.2) is 4.79 Å². The summed E-state index contributed by atoms with van der Waals surface area (Å²) in [5, 5.41) is 3.55. The summed E-state index contributed by atoms with van der Waals surface area (Å²) < 4.78 is 34.9. The highest BCUT2D eigenvalue weighted by molar-refractivity contribution is 7.86. The Labute approximate surface area is 142 Å². The van der Waals surface area contributed by atoms with Crippen LogP contribution >= 0.6 is 0 Å². The second kappa shape index (κ2) is 7.76. The van der Waals surface area contributed by atoms with Gasteiger partial charge in [-0.2, -0.15) is 8.42 Å².